The van der Waals surface area contributed by atoms with Gasteiger partial charge in [-0.1, -0.05) is 24.3 Å². The van der Waals surface area contributed by atoms with Crippen LogP contribution in [0.15, 0.2) is 48.5 Å². The molecule has 0 radical (unpaired) electrons. The van der Waals surface area contributed by atoms with Crippen molar-refractivity contribution in [1.82, 2.24) is 0 Å². The van der Waals surface area contributed by atoms with Gasteiger partial charge in [0.2, 0.25) is 11.4 Å². The normalized spacial score (nSPS) is 14.8. The predicted molar refractivity (Wildman–Crippen MR) is 105 cm³/mol. The largest absolute Gasteiger partial charge is 0.362 e. The summed E-state index contributed by atoms with van der Waals surface area (Å²) in [7, 11) is -10.2. The van der Waals surface area contributed by atoms with E-state index in [1.54, 1.807) is 36.4 Å². The molecule has 2 aromatic carbocycles. The average Bonchev–Trinajstić information content (AvgIpc) is 3.44. The van der Waals surface area contributed by atoms with Gasteiger partial charge in [-0.25, -0.2) is 0 Å². The molecule has 0 bridgehead atoms. The van der Waals surface area contributed by atoms with Gasteiger partial charge in [0.1, 0.15) is 0 Å². The number of rotatable bonds is 7. The topological polar surface area (TPSA) is 156 Å². The van der Waals surface area contributed by atoms with Crippen LogP contribution in [0, 0.1) is 5.92 Å². The molecule has 0 spiro atoms. The lowest BCUT2D eigenvalue weighted by Crippen LogP contribution is -2.19. The zero-order chi connectivity index (χ0) is 20.5. The lowest BCUT2D eigenvalue weighted by molar-refractivity contribution is -0.117. The molecule has 1 fully saturated rings. The monoisotopic (exact) mass is 426 g/mol. The third-order valence-electron chi connectivity index (χ3n) is 4.23. The van der Waals surface area contributed by atoms with E-state index < -0.39 is 20.7 Å². The first kappa shape index (κ1) is 20.7. The van der Waals surface area contributed by atoms with Crippen LogP contribution in [0.25, 0.3) is 11.1 Å². The van der Waals surface area contributed by atoms with Crippen molar-refractivity contribution in [3.63, 3.8) is 0 Å². The Labute approximate surface area is 161 Å². The van der Waals surface area contributed by atoms with E-state index in [0.717, 1.165) is 18.4 Å². The quantitative estimate of drug-likeness (QED) is 0.369. The maximum atomic E-state index is 11.8. The summed E-state index contributed by atoms with van der Waals surface area (Å²) in [5.41, 5.74) is -0.0780. The van der Waals surface area contributed by atoms with Gasteiger partial charge in [-0.15, -0.1) is 0 Å². The van der Waals surface area contributed by atoms with E-state index in [0.29, 0.717) is 11.3 Å². The van der Waals surface area contributed by atoms with Gasteiger partial charge in [-0.3, -0.25) is 13.9 Å². The first-order chi connectivity index (χ1) is 13.0. The van der Waals surface area contributed by atoms with Crippen molar-refractivity contribution in [2.75, 3.05) is 10.6 Å². The Balaban J connectivity index is 1.78. The molecule has 0 atom stereocenters. The molecule has 3 rings (SSSR count). The lowest BCUT2D eigenvalue weighted by Gasteiger charge is -2.22. The summed E-state index contributed by atoms with van der Waals surface area (Å²) in [5.74, 6) is 0.0956. The number of amides is 1. The Morgan fingerprint density at radius 2 is 1.50 bits per heavy atom. The molecule has 1 aliphatic rings. The molecule has 0 aromatic heterocycles. The molecule has 150 valence electrons. The van der Waals surface area contributed by atoms with E-state index >= 15 is 0 Å². The van der Waals surface area contributed by atoms with Crippen molar-refractivity contribution in [3.8, 4) is 11.1 Å². The van der Waals surface area contributed by atoms with Crippen LogP contribution in [-0.4, -0.2) is 31.0 Å². The summed E-state index contributed by atoms with van der Waals surface area (Å²) in [6.45, 7) is 0. The zero-order valence-electron chi connectivity index (χ0n) is 14.6. The Hall–Kier alpha value is -1.99. The van der Waals surface area contributed by atoms with E-state index in [-0.39, 0.29) is 17.5 Å². The molecular formula is C17H20N2O7P2. The fourth-order valence-electron chi connectivity index (χ4n) is 2.64. The summed E-state index contributed by atoms with van der Waals surface area (Å²) in [6.07, 6.45) is 1.82. The minimum absolute atomic E-state index is 0.000127. The Morgan fingerprint density at radius 1 is 0.893 bits per heavy atom. The number of nitrogens with one attached hydrogen (secondary N) is 2. The highest BCUT2D eigenvalue weighted by Gasteiger charge is 2.43. The number of anilines is 2. The minimum Gasteiger partial charge on any atom is -0.362 e. The number of hydrogen-bond acceptors (Lipinski definition) is 4. The van der Waals surface area contributed by atoms with Crippen LogP contribution in [0.3, 0.4) is 0 Å². The molecule has 0 heterocycles. The zero-order valence-corrected chi connectivity index (χ0v) is 16.4. The fourth-order valence-corrected chi connectivity index (χ4v) is 4.84. The Kier molecular flexibility index (Phi) is 5.77. The molecule has 1 amide bonds. The maximum absolute atomic E-state index is 11.8. The highest BCUT2D eigenvalue weighted by molar-refractivity contribution is 7.71. The number of benzene rings is 2. The van der Waals surface area contributed by atoms with Gasteiger partial charge in [-0.2, -0.15) is 0 Å². The second-order valence-electron chi connectivity index (χ2n) is 6.62. The summed E-state index contributed by atoms with van der Waals surface area (Å²) in [4.78, 5) is 48.7. The van der Waals surface area contributed by atoms with Crippen molar-refractivity contribution in [2.45, 2.75) is 18.4 Å². The van der Waals surface area contributed by atoms with Gasteiger partial charge < -0.3 is 30.2 Å². The van der Waals surface area contributed by atoms with Crippen LogP contribution in [0.5, 0.6) is 0 Å². The third kappa shape index (κ3) is 5.29. The first-order valence-electron chi connectivity index (χ1n) is 8.42. The van der Waals surface area contributed by atoms with Crippen LogP contribution < -0.4 is 10.6 Å². The van der Waals surface area contributed by atoms with Crippen molar-refractivity contribution in [3.05, 3.63) is 48.5 Å². The van der Waals surface area contributed by atoms with Crippen LogP contribution in [0.4, 0.5) is 11.4 Å². The van der Waals surface area contributed by atoms with Crippen molar-refractivity contribution < 1.29 is 33.5 Å². The van der Waals surface area contributed by atoms with E-state index in [4.69, 9.17) is 0 Å². The van der Waals surface area contributed by atoms with Crippen LogP contribution >= 0.6 is 15.2 Å². The average molecular weight is 426 g/mol. The smallest absolute Gasteiger partial charge is 0.360 e. The Bertz CT molecular complexity index is 942. The van der Waals surface area contributed by atoms with E-state index in [2.05, 4.69) is 10.6 Å². The first-order valence-corrected chi connectivity index (χ1v) is 11.8. The fraction of sp³-hybridized carbons (Fsp3) is 0.235. The Morgan fingerprint density at radius 3 is 2.04 bits per heavy atom. The van der Waals surface area contributed by atoms with Gasteiger partial charge >= 0.3 is 15.2 Å². The number of carbonyl (C=O) groups is 1. The summed E-state index contributed by atoms with van der Waals surface area (Å²) >= 11 is 0. The van der Waals surface area contributed by atoms with Gasteiger partial charge in [0.05, 0.1) is 0 Å². The molecule has 1 saturated carbocycles. The van der Waals surface area contributed by atoms with E-state index in [1.807, 2.05) is 0 Å². The highest BCUT2D eigenvalue weighted by atomic mass is 31.2. The summed E-state index contributed by atoms with van der Waals surface area (Å²) in [5, 5.41) is 5.07. The second-order valence-corrected chi connectivity index (χ2v) is 10.4. The van der Waals surface area contributed by atoms with Gasteiger partial charge in [0.15, 0.2) is 0 Å². The van der Waals surface area contributed by atoms with Crippen molar-refractivity contribution in [2.24, 2.45) is 5.92 Å². The summed E-state index contributed by atoms with van der Waals surface area (Å²) < 4.78 is 22.8. The van der Waals surface area contributed by atoms with Gasteiger partial charge in [0, 0.05) is 17.3 Å². The second kappa shape index (κ2) is 7.79. The molecule has 0 aliphatic heterocycles. The molecular weight excluding hydrogens is 406 g/mol. The molecule has 1 aliphatic carbocycles. The van der Waals surface area contributed by atoms with Gasteiger partial charge in [0.25, 0.3) is 0 Å². The molecule has 2 aromatic rings. The summed E-state index contributed by atoms with van der Waals surface area (Å²) in [6, 6.07) is 13.3. The predicted octanol–water partition coefficient (Wildman–Crippen LogP) is 2.75. The number of hydrogen-bond donors (Lipinski definition) is 6. The molecule has 28 heavy (non-hydrogen) atoms. The third-order valence-corrected chi connectivity index (χ3v) is 7.57. The van der Waals surface area contributed by atoms with Crippen LogP contribution in [0.2, 0.25) is 0 Å². The van der Waals surface area contributed by atoms with Crippen LogP contribution in [-0.2, 0) is 13.9 Å². The molecule has 9 nitrogen and oxygen atoms in total. The van der Waals surface area contributed by atoms with Crippen molar-refractivity contribution >= 4 is 32.5 Å². The van der Waals surface area contributed by atoms with E-state index in [1.165, 1.54) is 12.1 Å². The lowest BCUT2D eigenvalue weighted by atomic mass is 10.0. The molecule has 11 heteroatoms. The minimum atomic E-state index is -5.09. The maximum Gasteiger partial charge on any atom is 0.360 e. The molecule has 0 saturated heterocycles. The standard InChI is InChI=1S/C17H20N2O7P2/c20-16(12-4-5-12)18-14-8-6-11(7-9-14)13-2-1-3-15(10-13)19-17(27(21,22)23)28(24,25)26/h1-3,6-10,12,17,19H,4-5H2,(H,18,20)(H2,21,22,23)(H2,24,25,26). The highest BCUT2D eigenvalue weighted by Crippen LogP contribution is 2.59. The van der Waals surface area contributed by atoms with E-state index in [9.17, 15) is 33.5 Å². The SMILES string of the molecule is O=C(Nc1ccc(-c2cccc(NC(P(=O)(O)O)P(=O)(O)O)c2)cc1)C1CC1. The number of carbonyl (C=O) groups excluding carboxylic acids is 1. The molecule has 6 N–H and O–H groups in total. The van der Waals surface area contributed by atoms with Crippen molar-refractivity contribution in [1.29, 1.82) is 0 Å². The molecule has 0 unspecified atom stereocenters. The van der Waals surface area contributed by atoms with Gasteiger partial charge in [-0.05, 0) is 48.2 Å². The van der Waals surface area contributed by atoms with Crippen LogP contribution in [0.1, 0.15) is 12.8 Å².